The maximum absolute atomic E-state index is 5.59. The van der Waals surface area contributed by atoms with Crippen molar-refractivity contribution in [1.82, 2.24) is 15.0 Å². The fraction of sp³-hybridized carbons (Fsp3) is 0.308. The average Bonchev–Trinajstić information content (AvgIpc) is 2.37. The molecule has 20 heavy (non-hydrogen) atoms. The van der Waals surface area contributed by atoms with Crippen LogP contribution in [0.4, 0.5) is 5.82 Å². The lowest BCUT2D eigenvalue weighted by Crippen LogP contribution is -2.15. The minimum Gasteiger partial charge on any atom is -0.308 e. The zero-order chi connectivity index (χ0) is 14.9. The summed E-state index contributed by atoms with van der Waals surface area (Å²) in [6.07, 6.45) is 1.71. The predicted molar refractivity (Wildman–Crippen MR) is 87.3 cm³/mol. The van der Waals surface area contributed by atoms with Gasteiger partial charge >= 0.3 is 0 Å². The van der Waals surface area contributed by atoms with E-state index in [-0.39, 0.29) is 5.92 Å². The van der Waals surface area contributed by atoms with Crippen LogP contribution in [0.5, 0.6) is 0 Å². The molecule has 2 aromatic heterocycles. The van der Waals surface area contributed by atoms with E-state index in [9.17, 15) is 0 Å². The molecule has 0 saturated heterocycles. The van der Waals surface area contributed by atoms with Crippen molar-refractivity contribution in [2.75, 3.05) is 5.43 Å². The number of hydrazine groups is 1. The number of anilines is 1. The zero-order valence-electron chi connectivity index (χ0n) is 11.4. The van der Waals surface area contributed by atoms with Gasteiger partial charge in [-0.2, -0.15) is 0 Å². The summed E-state index contributed by atoms with van der Waals surface area (Å²) in [4.78, 5) is 13.4. The minimum absolute atomic E-state index is 0.288. The first-order valence-corrected chi connectivity index (χ1v) is 7.69. The molecule has 0 bridgehead atoms. The van der Waals surface area contributed by atoms with E-state index in [2.05, 4.69) is 66.1 Å². The Labute approximate surface area is 134 Å². The smallest absolute Gasteiger partial charge is 0.181 e. The molecule has 0 aliphatic carbocycles. The van der Waals surface area contributed by atoms with E-state index in [1.807, 2.05) is 13.0 Å². The molecule has 0 aliphatic rings. The van der Waals surface area contributed by atoms with Crippen LogP contribution in [0, 0.1) is 6.92 Å². The number of pyridine rings is 1. The van der Waals surface area contributed by atoms with Crippen molar-refractivity contribution >= 4 is 37.7 Å². The molecule has 106 valence electrons. The van der Waals surface area contributed by atoms with Gasteiger partial charge in [-0.05, 0) is 50.8 Å². The molecule has 0 amide bonds. The third-order valence-corrected chi connectivity index (χ3v) is 3.91. The van der Waals surface area contributed by atoms with Crippen molar-refractivity contribution in [3.63, 3.8) is 0 Å². The van der Waals surface area contributed by atoms with Crippen molar-refractivity contribution in [3.05, 3.63) is 32.5 Å². The fourth-order valence-corrected chi connectivity index (χ4v) is 3.23. The third-order valence-electron chi connectivity index (χ3n) is 2.87. The number of hydrogen-bond acceptors (Lipinski definition) is 5. The van der Waals surface area contributed by atoms with Gasteiger partial charge in [-0.3, -0.25) is 4.98 Å². The van der Waals surface area contributed by atoms with Crippen molar-refractivity contribution < 1.29 is 0 Å². The summed E-state index contributed by atoms with van der Waals surface area (Å²) in [5.74, 6) is 7.05. The van der Waals surface area contributed by atoms with Crippen LogP contribution < -0.4 is 11.3 Å². The van der Waals surface area contributed by atoms with Crippen molar-refractivity contribution in [2.24, 2.45) is 5.84 Å². The highest BCUT2D eigenvalue weighted by atomic mass is 79.9. The van der Waals surface area contributed by atoms with Crippen molar-refractivity contribution in [2.45, 2.75) is 26.7 Å². The summed E-state index contributed by atoms with van der Waals surface area (Å²) in [6.45, 7) is 6.12. The van der Waals surface area contributed by atoms with E-state index in [4.69, 9.17) is 5.84 Å². The van der Waals surface area contributed by atoms with E-state index in [0.717, 1.165) is 20.2 Å². The first kappa shape index (κ1) is 15.3. The molecule has 0 aromatic carbocycles. The molecule has 0 radical (unpaired) electrons. The summed E-state index contributed by atoms with van der Waals surface area (Å²) in [6, 6.07) is 1.91. The molecule has 2 rings (SSSR count). The van der Waals surface area contributed by atoms with Gasteiger partial charge in [-0.1, -0.05) is 13.8 Å². The van der Waals surface area contributed by atoms with E-state index < -0.39 is 0 Å². The zero-order valence-corrected chi connectivity index (χ0v) is 14.6. The largest absolute Gasteiger partial charge is 0.308 e. The predicted octanol–water partition coefficient (Wildman–Crippen LogP) is 3.78. The minimum atomic E-state index is 0.288. The number of rotatable bonds is 3. The van der Waals surface area contributed by atoms with Crippen LogP contribution >= 0.6 is 31.9 Å². The van der Waals surface area contributed by atoms with Crippen LogP contribution in [-0.4, -0.2) is 15.0 Å². The number of nitrogens with two attached hydrogens (primary N) is 1. The Morgan fingerprint density at radius 2 is 1.95 bits per heavy atom. The average molecular weight is 401 g/mol. The lowest BCUT2D eigenvalue weighted by molar-refractivity contribution is 0.831. The SMILES string of the molecule is Cc1nc(-c2ncc(Br)cc2Br)nc(NN)c1C(C)C. The monoisotopic (exact) mass is 399 g/mol. The van der Waals surface area contributed by atoms with E-state index in [1.165, 1.54) is 0 Å². The summed E-state index contributed by atoms with van der Waals surface area (Å²) in [5.41, 5.74) is 5.25. The molecule has 2 heterocycles. The Kier molecular flexibility index (Phi) is 4.72. The Bertz CT molecular complexity index is 643. The lowest BCUT2D eigenvalue weighted by Gasteiger charge is -2.15. The molecular formula is C13H15Br2N5. The van der Waals surface area contributed by atoms with Crippen LogP contribution in [0.2, 0.25) is 0 Å². The van der Waals surface area contributed by atoms with Crippen LogP contribution in [0.3, 0.4) is 0 Å². The van der Waals surface area contributed by atoms with E-state index in [1.54, 1.807) is 6.20 Å². The first-order valence-electron chi connectivity index (χ1n) is 6.10. The van der Waals surface area contributed by atoms with Gasteiger partial charge in [0.05, 0.1) is 0 Å². The maximum atomic E-state index is 5.59. The Morgan fingerprint density at radius 1 is 1.25 bits per heavy atom. The molecule has 5 nitrogen and oxygen atoms in total. The van der Waals surface area contributed by atoms with E-state index in [0.29, 0.717) is 17.3 Å². The molecule has 2 aromatic rings. The Balaban J connectivity index is 2.61. The summed E-state index contributed by atoms with van der Waals surface area (Å²) >= 11 is 6.85. The van der Waals surface area contributed by atoms with Gasteiger partial charge in [0.2, 0.25) is 0 Å². The normalized spacial score (nSPS) is 10.9. The van der Waals surface area contributed by atoms with Gasteiger partial charge < -0.3 is 5.43 Å². The van der Waals surface area contributed by atoms with Crippen LogP contribution in [0.25, 0.3) is 11.5 Å². The molecular weight excluding hydrogens is 386 g/mol. The summed E-state index contributed by atoms with van der Waals surface area (Å²) in [5, 5.41) is 0. The van der Waals surface area contributed by atoms with Gasteiger partial charge in [0.25, 0.3) is 0 Å². The quantitative estimate of drug-likeness (QED) is 0.605. The van der Waals surface area contributed by atoms with Gasteiger partial charge in [-0.25, -0.2) is 15.8 Å². The highest BCUT2D eigenvalue weighted by Crippen LogP contribution is 2.30. The second kappa shape index (κ2) is 6.15. The second-order valence-electron chi connectivity index (χ2n) is 4.68. The Hall–Kier alpha value is -1.05. The first-order chi connectivity index (χ1) is 9.43. The number of hydrogen-bond donors (Lipinski definition) is 2. The third kappa shape index (κ3) is 2.99. The lowest BCUT2D eigenvalue weighted by atomic mass is 10.0. The van der Waals surface area contributed by atoms with Crippen molar-refractivity contribution in [3.8, 4) is 11.5 Å². The molecule has 3 N–H and O–H groups in total. The Morgan fingerprint density at radius 3 is 2.50 bits per heavy atom. The topological polar surface area (TPSA) is 76.7 Å². The summed E-state index contributed by atoms with van der Waals surface area (Å²) in [7, 11) is 0. The number of aryl methyl sites for hydroxylation is 1. The van der Waals surface area contributed by atoms with Crippen LogP contribution in [-0.2, 0) is 0 Å². The molecule has 0 unspecified atom stereocenters. The van der Waals surface area contributed by atoms with Gasteiger partial charge in [-0.15, -0.1) is 0 Å². The molecule has 0 aliphatic heterocycles. The molecule has 0 spiro atoms. The highest BCUT2D eigenvalue weighted by molar-refractivity contribution is 9.11. The highest BCUT2D eigenvalue weighted by Gasteiger charge is 2.17. The number of aromatic nitrogens is 3. The molecule has 7 heteroatoms. The van der Waals surface area contributed by atoms with Crippen LogP contribution in [0.1, 0.15) is 31.0 Å². The summed E-state index contributed by atoms with van der Waals surface area (Å²) < 4.78 is 1.72. The standard InChI is InChI=1S/C13H15Br2N5/c1-6(2)10-7(3)18-13(19-12(10)20-16)11-9(15)4-8(14)5-17-11/h4-6H,16H2,1-3H3,(H,18,19,20). The maximum Gasteiger partial charge on any atom is 0.181 e. The van der Waals surface area contributed by atoms with Gasteiger partial charge in [0.1, 0.15) is 11.5 Å². The number of halogens is 2. The molecule has 0 atom stereocenters. The number of nitrogens with one attached hydrogen (secondary N) is 1. The fourth-order valence-electron chi connectivity index (χ4n) is 2.07. The molecule has 0 saturated carbocycles. The second-order valence-corrected chi connectivity index (χ2v) is 6.45. The van der Waals surface area contributed by atoms with Gasteiger partial charge in [0, 0.05) is 26.4 Å². The molecule has 0 fully saturated rings. The van der Waals surface area contributed by atoms with Crippen LogP contribution in [0.15, 0.2) is 21.2 Å². The van der Waals surface area contributed by atoms with Gasteiger partial charge in [0.15, 0.2) is 5.82 Å². The number of nitrogens with zero attached hydrogens (tertiary/aromatic N) is 3. The van der Waals surface area contributed by atoms with Crippen molar-refractivity contribution in [1.29, 1.82) is 0 Å². The number of nitrogen functional groups attached to an aromatic ring is 1. The van der Waals surface area contributed by atoms with E-state index >= 15 is 0 Å².